The zero-order valence-electron chi connectivity index (χ0n) is 10.2. The summed E-state index contributed by atoms with van der Waals surface area (Å²) in [7, 11) is -2.90. The number of anilines is 1. The van der Waals surface area contributed by atoms with E-state index in [2.05, 4.69) is 21.2 Å². The standard InChI is InChI=1S/C12H18BrNO2S/c1-3-8-17(15,16)9-7-14-12-6-4-5-11(13)10(12)2/h4-6,14H,3,7-9H2,1-2H3. The molecule has 0 heterocycles. The van der Waals surface area contributed by atoms with Crippen molar-refractivity contribution in [3.8, 4) is 0 Å². The van der Waals surface area contributed by atoms with Gasteiger partial charge in [-0.25, -0.2) is 8.42 Å². The van der Waals surface area contributed by atoms with Crippen molar-refractivity contribution in [2.75, 3.05) is 23.4 Å². The van der Waals surface area contributed by atoms with Gasteiger partial charge in [0, 0.05) is 22.5 Å². The van der Waals surface area contributed by atoms with E-state index in [4.69, 9.17) is 0 Å². The van der Waals surface area contributed by atoms with Crippen LogP contribution in [-0.4, -0.2) is 26.5 Å². The maximum absolute atomic E-state index is 11.5. The minimum atomic E-state index is -2.90. The molecule has 0 amide bonds. The summed E-state index contributed by atoms with van der Waals surface area (Å²) in [6, 6.07) is 5.85. The van der Waals surface area contributed by atoms with E-state index in [9.17, 15) is 8.42 Å². The zero-order chi connectivity index (χ0) is 12.9. The molecule has 0 aliphatic carbocycles. The van der Waals surface area contributed by atoms with Gasteiger partial charge < -0.3 is 5.32 Å². The molecular weight excluding hydrogens is 302 g/mol. The highest BCUT2D eigenvalue weighted by atomic mass is 79.9. The first-order valence-corrected chi connectivity index (χ1v) is 8.27. The number of rotatable bonds is 6. The van der Waals surface area contributed by atoms with Crippen LogP contribution in [0.5, 0.6) is 0 Å². The van der Waals surface area contributed by atoms with Crippen LogP contribution in [0.15, 0.2) is 22.7 Å². The van der Waals surface area contributed by atoms with Gasteiger partial charge in [0.25, 0.3) is 0 Å². The molecule has 0 fully saturated rings. The Balaban J connectivity index is 2.55. The summed E-state index contributed by atoms with van der Waals surface area (Å²) in [6.07, 6.45) is 0.679. The lowest BCUT2D eigenvalue weighted by molar-refractivity contribution is 0.595. The second-order valence-electron chi connectivity index (χ2n) is 3.99. The van der Waals surface area contributed by atoms with E-state index >= 15 is 0 Å². The van der Waals surface area contributed by atoms with E-state index in [1.54, 1.807) is 0 Å². The predicted molar refractivity (Wildman–Crippen MR) is 76.3 cm³/mol. The molecule has 0 atom stereocenters. The van der Waals surface area contributed by atoms with Gasteiger partial charge in [-0.3, -0.25) is 0 Å². The van der Waals surface area contributed by atoms with Gasteiger partial charge in [0.2, 0.25) is 0 Å². The second kappa shape index (κ2) is 6.40. The number of hydrogen-bond donors (Lipinski definition) is 1. The Kier molecular flexibility index (Phi) is 5.46. The molecule has 0 spiro atoms. The Morgan fingerprint density at radius 3 is 2.65 bits per heavy atom. The van der Waals surface area contributed by atoms with E-state index in [-0.39, 0.29) is 11.5 Å². The van der Waals surface area contributed by atoms with Crippen molar-refractivity contribution >= 4 is 31.5 Å². The summed E-state index contributed by atoms with van der Waals surface area (Å²) >= 11 is 3.44. The highest BCUT2D eigenvalue weighted by molar-refractivity contribution is 9.10. The average molecular weight is 320 g/mol. The Hall–Kier alpha value is -0.550. The number of hydrogen-bond acceptors (Lipinski definition) is 3. The predicted octanol–water partition coefficient (Wildman–Crippen LogP) is 2.99. The quantitative estimate of drug-likeness (QED) is 0.876. The van der Waals surface area contributed by atoms with Crippen LogP contribution in [-0.2, 0) is 9.84 Å². The van der Waals surface area contributed by atoms with Crippen LogP contribution in [0, 0.1) is 6.92 Å². The fourth-order valence-electron chi connectivity index (χ4n) is 1.55. The summed E-state index contributed by atoms with van der Waals surface area (Å²) in [5.74, 6) is 0.457. The summed E-state index contributed by atoms with van der Waals surface area (Å²) in [4.78, 5) is 0. The monoisotopic (exact) mass is 319 g/mol. The van der Waals surface area contributed by atoms with E-state index in [1.165, 1.54) is 0 Å². The topological polar surface area (TPSA) is 46.2 Å². The molecule has 0 saturated heterocycles. The SMILES string of the molecule is CCCS(=O)(=O)CCNc1cccc(Br)c1C. The molecule has 96 valence electrons. The van der Waals surface area contributed by atoms with Gasteiger partial charge in [-0.15, -0.1) is 0 Å². The maximum atomic E-state index is 11.5. The summed E-state index contributed by atoms with van der Waals surface area (Å²) < 4.78 is 24.1. The van der Waals surface area contributed by atoms with Crippen LogP contribution in [0.25, 0.3) is 0 Å². The third kappa shape index (κ3) is 4.68. The summed E-state index contributed by atoms with van der Waals surface area (Å²) in [5, 5.41) is 3.16. The number of halogens is 1. The van der Waals surface area contributed by atoms with Crippen LogP contribution < -0.4 is 5.32 Å². The molecule has 17 heavy (non-hydrogen) atoms. The largest absolute Gasteiger partial charge is 0.384 e. The van der Waals surface area contributed by atoms with Gasteiger partial charge in [0.1, 0.15) is 0 Å². The second-order valence-corrected chi connectivity index (χ2v) is 7.15. The lowest BCUT2D eigenvalue weighted by atomic mass is 10.2. The normalized spacial score (nSPS) is 11.5. The van der Waals surface area contributed by atoms with Crippen LogP contribution in [0.2, 0.25) is 0 Å². The van der Waals surface area contributed by atoms with Crippen molar-refractivity contribution < 1.29 is 8.42 Å². The minimum Gasteiger partial charge on any atom is -0.384 e. The third-order valence-electron chi connectivity index (χ3n) is 2.51. The van der Waals surface area contributed by atoms with E-state index < -0.39 is 9.84 Å². The van der Waals surface area contributed by atoms with E-state index in [0.29, 0.717) is 13.0 Å². The first kappa shape index (κ1) is 14.5. The molecule has 5 heteroatoms. The van der Waals surface area contributed by atoms with Crippen molar-refractivity contribution in [1.29, 1.82) is 0 Å². The van der Waals surface area contributed by atoms with Crippen LogP contribution in [0.3, 0.4) is 0 Å². The number of nitrogens with one attached hydrogen (secondary N) is 1. The number of benzene rings is 1. The Bertz CT molecular complexity index is 471. The van der Waals surface area contributed by atoms with Gasteiger partial charge in [-0.2, -0.15) is 0 Å². The third-order valence-corrected chi connectivity index (χ3v) is 5.23. The highest BCUT2D eigenvalue weighted by Gasteiger charge is 2.09. The lowest BCUT2D eigenvalue weighted by Gasteiger charge is -2.10. The molecule has 0 aliphatic heterocycles. The van der Waals surface area contributed by atoms with Crippen molar-refractivity contribution in [1.82, 2.24) is 0 Å². The zero-order valence-corrected chi connectivity index (χ0v) is 12.6. The van der Waals surface area contributed by atoms with Crippen molar-refractivity contribution in [3.05, 3.63) is 28.2 Å². The molecule has 0 aromatic heterocycles. The van der Waals surface area contributed by atoms with Gasteiger partial charge in [-0.1, -0.05) is 28.9 Å². The van der Waals surface area contributed by atoms with Crippen LogP contribution in [0.1, 0.15) is 18.9 Å². The Labute approximate surface area is 112 Å². The first-order chi connectivity index (χ1) is 7.96. The Morgan fingerprint density at radius 2 is 2.00 bits per heavy atom. The summed E-state index contributed by atoms with van der Waals surface area (Å²) in [5.41, 5.74) is 2.08. The van der Waals surface area contributed by atoms with Crippen molar-refractivity contribution in [3.63, 3.8) is 0 Å². The van der Waals surface area contributed by atoms with Crippen LogP contribution >= 0.6 is 15.9 Å². The molecule has 3 nitrogen and oxygen atoms in total. The van der Waals surface area contributed by atoms with Gasteiger partial charge in [-0.05, 0) is 31.0 Å². The van der Waals surface area contributed by atoms with Crippen molar-refractivity contribution in [2.24, 2.45) is 0 Å². The molecule has 0 unspecified atom stereocenters. The molecule has 1 rings (SSSR count). The fourth-order valence-corrected chi connectivity index (χ4v) is 3.16. The van der Waals surface area contributed by atoms with Crippen LogP contribution in [0.4, 0.5) is 5.69 Å². The van der Waals surface area contributed by atoms with E-state index in [1.807, 2.05) is 32.0 Å². The maximum Gasteiger partial charge on any atom is 0.152 e. The summed E-state index contributed by atoms with van der Waals surface area (Å²) in [6.45, 7) is 4.33. The minimum absolute atomic E-state index is 0.187. The molecular formula is C12H18BrNO2S. The highest BCUT2D eigenvalue weighted by Crippen LogP contribution is 2.23. The Morgan fingerprint density at radius 1 is 1.29 bits per heavy atom. The van der Waals surface area contributed by atoms with Gasteiger partial charge >= 0.3 is 0 Å². The van der Waals surface area contributed by atoms with Gasteiger partial charge in [0.05, 0.1) is 5.75 Å². The van der Waals surface area contributed by atoms with Crippen molar-refractivity contribution in [2.45, 2.75) is 20.3 Å². The van der Waals surface area contributed by atoms with E-state index in [0.717, 1.165) is 15.7 Å². The smallest absolute Gasteiger partial charge is 0.152 e. The average Bonchev–Trinajstić information content (AvgIpc) is 2.24. The molecule has 0 radical (unpaired) electrons. The molecule has 1 aromatic carbocycles. The van der Waals surface area contributed by atoms with Gasteiger partial charge in [0.15, 0.2) is 9.84 Å². The molecule has 0 saturated carbocycles. The number of sulfone groups is 1. The fraction of sp³-hybridized carbons (Fsp3) is 0.500. The molecule has 1 aromatic rings. The molecule has 1 N–H and O–H groups in total. The molecule has 0 bridgehead atoms. The molecule has 0 aliphatic rings. The lowest BCUT2D eigenvalue weighted by Crippen LogP contribution is -2.18. The first-order valence-electron chi connectivity index (χ1n) is 5.65.